The van der Waals surface area contributed by atoms with Gasteiger partial charge in [-0.15, -0.1) is 0 Å². The molecule has 2 aromatic rings. The van der Waals surface area contributed by atoms with E-state index in [2.05, 4.69) is 75.2 Å². The third-order valence-electron chi connectivity index (χ3n) is 7.92. The van der Waals surface area contributed by atoms with Crippen molar-refractivity contribution < 1.29 is 19.4 Å². The van der Waals surface area contributed by atoms with Gasteiger partial charge in [0.05, 0.1) is 17.1 Å². The molecule has 4 rings (SSSR count). The molecule has 4 atom stereocenters. The Morgan fingerprint density at radius 1 is 1.12 bits per heavy atom. The van der Waals surface area contributed by atoms with E-state index in [4.69, 9.17) is 16.3 Å². The lowest BCUT2D eigenvalue weighted by Crippen LogP contribution is -2.36. The molecule has 1 aliphatic heterocycles. The maximum Gasteiger partial charge on any atom is 0.344 e. The minimum atomic E-state index is -1.05. The van der Waals surface area contributed by atoms with E-state index in [0.717, 1.165) is 16.7 Å². The lowest BCUT2D eigenvalue weighted by Gasteiger charge is -2.30. The minimum absolute atomic E-state index is 0.0342. The molecule has 1 amide bonds. The summed E-state index contributed by atoms with van der Waals surface area (Å²) in [5.41, 5.74) is 6.37. The van der Waals surface area contributed by atoms with Crippen molar-refractivity contribution in [3.05, 3.63) is 99.1 Å². The van der Waals surface area contributed by atoms with Crippen LogP contribution in [0, 0.1) is 0 Å². The Morgan fingerprint density at radius 2 is 1.80 bits per heavy atom. The summed E-state index contributed by atoms with van der Waals surface area (Å²) in [6.07, 6.45) is 4.99. The first-order valence-electron chi connectivity index (χ1n) is 13.7. The predicted molar refractivity (Wildman–Crippen MR) is 160 cm³/mol. The number of hydrogen-bond donors (Lipinski definition) is 2. The standard InChI is InChI=1S/C33H39ClN2O4/c1-19-21(3)36(18-23-8-14-28(34)30(16-23)40-22(4)32(38)39)29-15-11-25(17-27(19)29)31(37)35-20(2)24-9-12-26(13-10-24)33(5,6)7/h8-17,20-22,29H,18H2,1-7H3,(H,35,37)(H,38,39)/t20-,21?,22-,29?/m0/s1. The summed E-state index contributed by atoms with van der Waals surface area (Å²) in [6, 6.07) is 14.0. The van der Waals surface area contributed by atoms with Gasteiger partial charge < -0.3 is 15.2 Å². The van der Waals surface area contributed by atoms with E-state index in [-0.39, 0.29) is 29.4 Å². The van der Waals surface area contributed by atoms with Gasteiger partial charge >= 0.3 is 5.97 Å². The third kappa shape index (κ3) is 6.34. The van der Waals surface area contributed by atoms with Gasteiger partial charge in [0.15, 0.2) is 6.10 Å². The maximum absolute atomic E-state index is 13.2. The van der Waals surface area contributed by atoms with Gasteiger partial charge in [0.2, 0.25) is 0 Å². The molecular formula is C33H39ClN2O4. The van der Waals surface area contributed by atoms with Gasteiger partial charge in [0, 0.05) is 18.2 Å². The molecule has 2 aromatic carbocycles. The fourth-order valence-corrected chi connectivity index (χ4v) is 5.33. The van der Waals surface area contributed by atoms with Gasteiger partial charge in [0.1, 0.15) is 5.75 Å². The molecule has 2 N–H and O–H groups in total. The number of rotatable bonds is 8. The van der Waals surface area contributed by atoms with Gasteiger partial charge in [0.25, 0.3) is 5.91 Å². The molecule has 2 aliphatic rings. The molecule has 0 saturated heterocycles. The minimum Gasteiger partial charge on any atom is -0.479 e. The lowest BCUT2D eigenvalue weighted by molar-refractivity contribution is -0.144. The van der Waals surface area contributed by atoms with E-state index in [1.54, 1.807) is 12.1 Å². The van der Waals surface area contributed by atoms with Crippen LogP contribution in [0.25, 0.3) is 0 Å². The van der Waals surface area contributed by atoms with Crippen LogP contribution in [-0.2, 0) is 21.5 Å². The van der Waals surface area contributed by atoms with E-state index in [1.165, 1.54) is 18.1 Å². The van der Waals surface area contributed by atoms with Crippen LogP contribution in [0.15, 0.2) is 77.4 Å². The summed E-state index contributed by atoms with van der Waals surface area (Å²) in [5, 5.41) is 12.7. The quantitative estimate of drug-likeness (QED) is 0.372. The number of aliphatic carboxylic acids is 1. The number of carboxylic acids is 1. The van der Waals surface area contributed by atoms with Gasteiger partial charge in [-0.3, -0.25) is 9.69 Å². The molecule has 1 heterocycles. The van der Waals surface area contributed by atoms with Crippen LogP contribution in [0.5, 0.6) is 5.75 Å². The molecule has 0 fully saturated rings. The van der Waals surface area contributed by atoms with Crippen molar-refractivity contribution in [1.29, 1.82) is 0 Å². The van der Waals surface area contributed by atoms with Crippen molar-refractivity contribution in [1.82, 2.24) is 10.2 Å². The van der Waals surface area contributed by atoms with Crippen LogP contribution < -0.4 is 10.1 Å². The zero-order chi connectivity index (χ0) is 29.4. The number of nitrogens with zero attached hydrogens (tertiary/aromatic N) is 1. The second kappa shape index (κ2) is 11.6. The van der Waals surface area contributed by atoms with Crippen molar-refractivity contribution in [3.63, 3.8) is 0 Å². The molecule has 212 valence electrons. The Balaban J connectivity index is 1.46. The van der Waals surface area contributed by atoms with Crippen molar-refractivity contribution in [2.45, 2.75) is 84.7 Å². The van der Waals surface area contributed by atoms with Crippen molar-refractivity contribution in [3.8, 4) is 5.75 Å². The Hall–Kier alpha value is -3.35. The summed E-state index contributed by atoms with van der Waals surface area (Å²) >= 11 is 6.27. The first-order valence-corrected chi connectivity index (χ1v) is 14.1. The summed E-state index contributed by atoms with van der Waals surface area (Å²) in [5.74, 6) is -0.794. The maximum atomic E-state index is 13.2. The van der Waals surface area contributed by atoms with E-state index in [0.29, 0.717) is 22.9 Å². The Labute approximate surface area is 242 Å². The molecule has 0 aromatic heterocycles. The lowest BCUT2D eigenvalue weighted by atomic mass is 9.86. The number of carbonyl (C=O) groups is 2. The number of halogens is 1. The van der Waals surface area contributed by atoms with Crippen molar-refractivity contribution in [2.75, 3.05) is 0 Å². The molecular weight excluding hydrogens is 524 g/mol. The van der Waals surface area contributed by atoms with Gasteiger partial charge in [-0.25, -0.2) is 4.79 Å². The highest BCUT2D eigenvalue weighted by atomic mass is 35.5. The number of fused-ring (bicyclic) bond motifs is 1. The monoisotopic (exact) mass is 562 g/mol. The molecule has 0 bridgehead atoms. The Bertz CT molecular complexity index is 1380. The SMILES string of the molecule is CC1=C2C=C(C(=O)N[C@@H](C)c3ccc(C(C)(C)C)cc3)C=CC2N(Cc2ccc(Cl)c(O[C@@H](C)C(=O)O)c2)C1C. The zero-order valence-corrected chi connectivity index (χ0v) is 25.0. The van der Waals surface area contributed by atoms with Gasteiger partial charge in [-0.2, -0.15) is 0 Å². The Kier molecular flexibility index (Phi) is 8.62. The first-order chi connectivity index (χ1) is 18.8. The smallest absolute Gasteiger partial charge is 0.344 e. The highest BCUT2D eigenvalue weighted by Crippen LogP contribution is 2.37. The molecule has 0 spiro atoms. The highest BCUT2D eigenvalue weighted by molar-refractivity contribution is 6.32. The average Bonchev–Trinajstić information content (AvgIpc) is 3.14. The number of benzene rings is 2. The number of nitrogens with one attached hydrogen (secondary N) is 1. The molecule has 0 radical (unpaired) electrons. The number of ether oxygens (including phenoxy) is 1. The van der Waals surface area contributed by atoms with Gasteiger partial charge in [-0.05, 0) is 73.6 Å². The van der Waals surface area contributed by atoms with Crippen LogP contribution in [0.2, 0.25) is 5.02 Å². The topological polar surface area (TPSA) is 78.9 Å². The van der Waals surface area contributed by atoms with Crippen LogP contribution in [0.1, 0.15) is 71.2 Å². The molecule has 7 heteroatoms. The molecule has 40 heavy (non-hydrogen) atoms. The largest absolute Gasteiger partial charge is 0.479 e. The summed E-state index contributed by atoms with van der Waals surface area (Å²) in [6.45, 7) is 14.9. The normalized spacial score (nSPS) is 20.6. The van der Waals surface area contributed by atoms with Crippen LogP contribution in [0.3, 0.4) is 0 Å². The summed E-state index contributed by atoms with van der Waals surface area (Å²) < 4.78 is 5.56. The summed E-state index contributed by atoms with van der Waals surface area (Å²) in [4.78, 5) is 26.8. The number of hydrogen-bond acceptors (Lipinski definition) is 4. The van der Waals surface area contributed by atoms with Crippen LogP contribution >= 0.6 is 11.6 Å². The summed E-state index contributed by atoms with van der Waals surface area (Å²) in [7, 11) is 0. The van der Waals surface area contributed by atoms with Crippen LogP contribution in [0.4, 0.5) is 0 Å². The number of carboxylic acid groups (broad SMARTS) is 1. The van der Waals surface area contributed by atoms with Gasteiger partial charge in [-0.1, -0.05) is 80.4 Å². The number of amides is 1. The molecule has 2 unspecified atom stereocenters. The fourth-order valence-electron chi connectivity index (χ4n) is 5.17. The van der Waals surface area contributed by atoms with E-state index in [1.807, 2.05) is 25.1 Å². The van der Waals surface area contributed by atoms with Crippen molar-refractivity contribution in [2.24, 2.45) is 0 Å². The van der Waals surface area contributed by atoms with E-state index >= 15 is 0 Å². The Morgan fingerprint density at radius 3 is 2.42 bits per heavy atom. The first kappa shape index (κ1) is 29.6. The second-order valence-corrected chi connectivity index (χ2v) is 12.2. The van der Waals surface area contributed by atoms with Crippen molar-refractivity contribution >= 4 is 23.5 Å². The van der Waals surface area contributed by atoms with E-state index < -0.39 is 12.1 Å². The molecule has 0 saturated carbocycles. The highest BCUT2D eigenvalue weighted by Gasteiger charge is 2.36. The zero-order valence-electron chi connectivity index (χ0n) is 24.3. The van der Waals surface area contributed by atoms with E-state index in [9.17, 15) is 14.7 Å². The molecule has 1 aliphatic carbocycles. The fraction of sp³-hybridized carbons (Fsp3) is 0.394. The second-order valence-electron chi connectivity index (χ2n) is 11.8. The molecule has 6 nitrogen and oxygen atoms in total. The third-order valence-corrected chi connectivity index (χ3v) is 8.24. The predicted octanol–water partition coefficient (Wildman–Crippen LogP) is 6.75. The number of carbonyl (C=O) groups excluding carboxylic acids is 1. The van der Waals surface area contributed by atoms with Crippen LogP contribution in [-0.4, -0.2) is 40.1 Å². The average molecular weight is 563 g/mol.